The van der Waals surface area contributed by atoms with Crippen LogP contribution in [0.3, 0.4) is 0 Å². The third-order valence-corrected chi connectivity index (χ3v) is 7.48. The standard InChI is InChI=1S/C28H34N6O4S/c1-20-3-5-23(18-29-20)31-28(35)34(24-8-9-24)25-13-15-33(16-14-25)19-21-4-12-27(30-17-21)38-26-10-6-22(7-11-26)32-39(2,36)37/h3-7,10-12,17-18,24-25,32H,8-9,13-16,19H2,1-2H3,(H,31,35). The highest BCUT2D eigenvalue weighted by molar-refractivity contribution is 7.92. The van der Waals surface area contributed by atoms with Crippen LogP contribution in [0.1, 0.15) is 36.9 Å². The molecule has 1 saturated heterocycles. The zero-order valence-corrected chi connectivity index (χ0v) is 23.0. The number of ether oxygens (including phenoxy) is 1. The first-order valence-electron chi connectivity index (χ1n) is 13.2. The minimum Gasteiger partial charge on any atom is -0.439 e. The minimum absolute atomic E-state index is 0.0253. The van der Waals surface area contributed by atoms with E-state index < -0.39 is 10.0 Å². The van der Waals surface area contributed by atoms with Crippen molar-refractivity contribution in [3.05, 3.63) is 72.2 Å². The van der Waals surface area contributed by atoms with Gasteiger partial charge in [-0.15, -0.1) is 0 Å². The molecule has 2 N–H and O–H groups in total. The molecular weight excluding hydrogens is 516 g/mol. The highest BCUT2D eigenvalue weighted by Crippen LogP contribution is 2.33. The summed E-state index contributed by atoms with van der Waals surface area (Å²) >= 11 is 0. The van der Waals surface area contributed by atoms with E-state index in [4.69, 9.17) is 4.74 Å². The third-order valence-electron chi connectivity index (χ3n) is 6.87. The second-order valence-electron chi connectivity index (χ2n) is 10.3. The lowest BCUT2D eigenvalue weighted by atomic mass is 10.0. The van der Waals surface area contributed by atoms with Gasteiger partial charge in [0.15, 0.2) is 0 Å². The Bertz CT molecular complexity index is 1370. The van der Waals surface area contributed by atoms with E-state index in [0.29, 0.717) is 23.4 Å². The van der Waals surface area contributed by atoms with Gasteiger partial charge in [-0.1, -0.05) is 6.07 Å². The van der Waals surface area contributed by atoms with Crippen molar-refractivity contribution in [2.45, 2.75) is 51.2 Å². The molecule has 2 aromatic heterocycles. The number of rotatable bonds is 9. The van der Waals surface area contributed by atoms with Gasteiger partial charge in [0.1, 0.15) is 5.75 Å². The number of aromatic nitrogens is 2. The number of carbonyl (C=O) groups excluding carboxylic acids is 1. The lowest BCUT2D eigenvalue weighted by molar-refractivity contribution is 0.119. The van der Waals surface area contributed by atoms with E-state index in [1.807, 2.05) is 37.4 Å². The second kappa shape index (κ2) is 11.6. The fourth-order valence-electron chi connectivity index (χ4n) is 4.82. The Kier molecular flexibility index (Phi) is 7.99. The van der Waals surface area contributed by atoms with Crippen molar-refractivity contribution in [1.29, 1.82) is 0 Å². The fourth-order valence-corrected chi connectivity index (χ4v) is 5.38. The lowest BCUT2D eigenvalue weighted by Gasteiger charge is -2.38. The van der Waals surface area contributed by atoms with Crippen molar-refractivity contribution in [2.75, 3.05) is 29.4 Å². The molecule has 1 aliphatic carbocycles. The fraction of sp³-hybridized carbons (Fsp3) is 0.393. The number of amides is 2. The molecule has 39 heavy (non-hydrogen) atoms. The molecule has 0 atom stereocenters. The Balaban J connectivity index is 1.10. The summed E-state index contributed by atoms with van der Waals surface area (Å²) in [7, 11) is -3.32. The average molecular weight is 551 g/mol. The highest BCUT2D eigenvalue weighted by Gasteiger charge is 2.38. The summed E-state index contributed by atoms with van der Waals surface area (Å²) in [4.78, 5) is 26.3. The summed E-state index contributed by atoms with van der Waals surface area (Å²) < 4.78 is 30.9. The molecule has 0 bridgehead atoms. The maximum absolute atomic E-state index is 13.1. The van der Waals surface area contributed by atoms with Crippen LogP contribution >= 0.6 is 0 Å². The molecule has 2 amide bonds. The van der Waals surface area contributed by atoms with Gasteiger partial charge in [0, 0.05) is 55.4 Å². The first-order valence-corrected chi connectivity index (χ1v) is 15.1. The minimum atomic E-state index is -3.32. The number of aryl methyl sites for hydroxylation is 1. The van der Waals surface area contributed by atoms with Crippen molar-refractivity contribution in [3.8, 4) is 11.6 Å². The topological polar surface area (TPSA) is 117 Å². The third kappa shape index (κ3) is 7.67. The van der Waals surface area contributed by atoms with Gasteiger partial charge in [0.25, 0.3) is 0 Å². The van der Waals surface area contributed by atoms with Crippen molar-refractivity contribution in [3.63, 3.8) is 0 Å². The van der Waals surface area contributed by atoms with E-state index in [-0.39, 0.29) is 12.1 Å². The smallest absolute Gasteiger partial charge is 0.322 e. The average Bonchev–Trinajstić information content (AvgIpc) is 3.73. The van der Waals surface area contributed by atoms with Crippen LogP contribution < -0.4 is 14.8 Å². The number of carbonyl (C=O) groups is 1. The van der Waals surface area contributed by atoms with Crippen LogP contribution in [0.2, 0.25) is 0 Å². The molecule has 2 aliphatic rings. The molecule has 0 unspecified atom stereocenters. The zero-order valence-electron chi connectivity index (χ0n) is 22.2. The van der Waals surface area contributed by atoms with Gasteiger partial charge in [-0.05, 0) is 74.6 Å². The van der Waals surface area contributed by atoms with Crippen molar-refractivity contribution < 1.29 is 17.9 Å². The molecule has 2 fully saturated rings. The maximum Gasteiger partial charge on any atom is 0.322 e. The van der Waals surface area contributed by atoms with Crippen LogP contribution in [-0.4, -0.2) is 65.6 Å². The molecule has 1 aromatic carbocycles. The zero-order chi connectivity index (χ0) is 27.4. The van der Waals surface area contributed by atoms with Crippen LogP contribution in [0, 0.1) is 6.92 Å². The van der Waals surface area contributed by atoms with Crippen LogP contribution in [-0.2, 0) is 16.6 Å². The van der Waals surface area contributed by atoms with Gasteiger partial charge in [-0.25, -0.2) is 18.2 Å². The first-order chi connectivity index (χ1) is 18.7. The number of nitrogens with zero attached hydrogens (tertiary/aromatic N) is 4. The molecule has 3 aromatic rings. The van der Waals surface area contributed by atoms with E-state index in [9.17, 15) is 13.2 Å². The number of piperidine rings is 1. The Morgan fingerprint density at radius 1 is 0.949 bits per heavy atom. The molecule has 0 radical (unpaired) electrons. The number of anilines is 2. The van der Waals surface area contributed by atoms with E-state index >= 15 is 0 Å². The molecule has 11 heteroatoms. The predicted octanol–water partition coefficient (Wildman–Crippen LogP) is 4.61. The summed E-state index contributed by atoms with van der Waals surface area (Å²) in [6.07, 6.45) is 8.66. The molecule has 1 aliphatic heterocycles. The number of pyridine rings is 2. The Morgan fingerprint density at radius 3 is 2.23 bits per heavy atom. The number of benzene rings is 1. The molecule has 206 valence electrons. The monoisotopic (exact) mass is 550 g/mol. The molecule has 5 rings (SSSR count). The van der Waals surface area contributed by atoms with E-state index in [1.54, 1.807) is 30.5 Å². The Hall–Kier alpha value is -3.70. The van der Waals surface area contributed by atoms with Crippen LogP contribution in [0.25, 0.3) is 0 Å². The number of urea groups is 1. The normalized spacial score (nSPS) is 16.5. The largest absolute Gasteiger partial charge is 0.439 e. The summed E-state index contributed by atoms with van der Waals surface area (Å²) in [6.45, 7) is 4.55. The Morgan fingerprint density at radius 2 is 1.64 bits per heavy atom. The maximum atomic E-state index is 13.1. The van der Waals surface area contributed by atoms with Crippen molar-refractivity contribution >= 4 is 27.4 Å². The summed E-state index contributed by atoms with van der Waals surface area (Å²) in [6, 6.07) is 14.9. The van der Waals surface area contributed by atoms with Gasteiger partial charge in [0.05, 0.1) is 18.1 Å². The molecular formula is C28H34N6O4S. The lowest BCUT2D eigenvalue weighted by Crippen LogP contribution is -2.49. The predicted molar refractivity (Wildman–Crippen MR) is 150 cm³/mol. The number of likely N-dealkylation sites (tertiary alicyclic amines) is 1. The molecule has 0 spiro atoms. The second-order valence-corrected chi connectivity index (χ2v) is 12.0. The molecule has 3 heterocycles. The van der Waals surface area contributed by atoms with Crippen LogP contribution in [0.4, 0.5) is 16.2 Å². The van der Waals surface area contributed by atoms with E-state index in [2.05, 4.69) is 29.8 Å². The van der Waals surface area contributed by atoms with Crippen molar-refractivity contribution in [1.82, 2.24) is 19.8 Å². The SMILES string of the molecule is Cc1ccc(NC(=O)N(C2CC2)C2CCN(Cc3ccc(Oc4ccc(NS(C)(=O)=O)cc4)nc3)CC2)cn1. The van der Waals surface area contributed by atoms with Crippen molar-refractivity contribution in [2.24, 2.45) is 0 Å². The molecule has 10 nitrogen and oxygen atoms in total. The quantitative estimate of drug-likeness (QED) is 0.400. The number of nitrogens with one attached hydrogen (secondary N) is 2. The number of hydrogen-bond donors (Lipinski definition) is 2. The van der Waals surface area contributed by atoms with Gasteiger partial charge < -0.3 is 15.0 Å². The summed E-state index contributed by atoms with van der Waals surface area (Å²) in [5.74, 6) is 1.04. The van der Waals surface area contributed by atoms with E-state index in [0.717, 1.165) is 68.5 Å². The number of sulfonamides is 1. The van der Waals surface area contributed by atoms with Gasteiger partial charge in [-0.2, -0.15) is 0 Å². The van der Waals surface area contributed by atoms with E-state index in [1.165, 1.54) is 0 Å². The van der Waals surface area contributed by atoms with Crippen LogP contribution in [0.15, 0.2) is 60.9 Å². The number of hydrogen-bond acceptors (Lipinski definition) is 7. The van der Waals surface area contributed by atoms with Gasteiger partial charge >= 0.3 is 6.03 Å². The Labute approximate surface area is 229 Å². The summed E-state index contributed by atoms with van der Waals surface area (Å²) in [5, 5.41) is 3.04. The summed E-state index contributed by atoms with van der Waals surface area (Å²) in [5.41, 5.74) is 3.22. The van der Waals surface area contributed by atoms with Crippen LogP contribution in [0.5, 0.6) is 11.6 Å². The first kappa shape index (κ1) is 26.9. The van der Waals surface area contributed by atoms with Gasteiger partial charge in [-0.3, -0.25) is 14.6 Å². The highest BCUT2D eigenvalue weighted by atomic mass is 32.2. The van der Waals surface area contributed by atoms with Gasteiger partial charge in [0.2, 0.25) is 15.9 Å². The molecule has 1 saturated carbocycles.